The molecule has 0 unspecified atom stereocenters. The number of aromatic nitrogens is 1. The van der Waals surface area contributed by atoms with E-state index in [1.807, 2.05) is 41.9 Å². The van der Waals surface area contributed by atoms with Crippen molar-refractivity contribution in [2.24, 2.45) is 0 Å². The van der Waals surface area contributed by atoms with Crippen molar-refractivity contribution in [3.63, 3.8) is 0 Å². The summed E-state index contributed by atoms with van der Waals surface area (Å²) >= 11 is 0. The normalized spacial score (nSPS) is 10.7. The zero-order valence-electron chi connectivity index (χ0n) is 10.7. The molecule has 96 valence electrons. The Balaban J connectivity index is 2.19. The maximum absolute atomic E-state index is 11.4. The van der Waals surface area contributed by atoms with Gasteiger partial charge >= 0.3 is 5.97 Å². The first-order valence-corrected chi connectivity index (χ1v) is 6.08. The standard InChI is InChI=1S/C15H14N2O2/c1-2-3-7-15(18)19-11-12-10-17-8-5-4-6-14(17)13(12)9-16/h3-8,10H,2,11H2,1H3. The summed E-state index contributed by atoms with van der Waals surface area (Å²) in [5, 5.41) is 9.19. The Kier molecular flexibility index (Phi) is 3.99. The summed E-state index contributed by atoms with van der Waals surface area (Å²) in [5.41, 5.74) is 2.08. The zero-order chi connectivity index (χ0) is 13.7. The van der Waals surface area contributed by atoms with Gasteiger partial charge in [-0.2, -0.15) is 5.26 Å². The lowest BCUT2D eigenvalue weighted by atomic mass is 10.2. The number of pyridine rings is 1. The average molecular weight is 254 g/mol. The van der Waals surface area contributed by atoms with Gasteiger partial charge in [0, 0.05) is 24.0 Å². The number of ether oxygens (including phenoxy) is 1. The quantitative estimate of drug-likeness (QED) is 0.622. The molecule has 4 heteroatoms. The van der Waals surface area contributed by atoms with Gasteiger partial charge in [0.2, 0.25) is 0 Å². The predicted octanol–water partition coefficient (Wildman–Crippen LogP) is 2.82. The van der Waals surface area contributed by atoms with Gasteiger partial charge in [-0.15, -0.1) is 0 Å². The SMILES string of the molecule is CCC=CC(=O)OCc1cn2ccccc2c1C#N. The third kappa shape index (κ3) is 2.83. The first kappa shape index (κ1) is 12.9. The Morgan fingerprint density at radius 2 is 2.37 bits per heavy atom. The highest BCUT2D eigenvalue weighted by atomic mass is 16.5. The number of esters is 1. The first-order chi connectivity index (χ1) is 9.26. The number of nitriles is 1. The van der Waals surface area contributed by atoms with Crippen LogP contribution in [0.3, 0.4) is 0 Å². The highest BCUT2D eigenvalue weighted by Crippen LogP contribution is 2.18. The number of carbonyl (C=O) groups is 1. The summed E-state index contributed by atoms with van der Waals surface area (Å²) in [7, 11) is 0. The van der Waals surface area contributed by atoms with E-state index in [9.17, 15) is 10.1 Å². The van der Waals surface area contributed by atoms with Crippen LogP contribution in [0, 0.1) is 11.3 Å². The van der Waals surface area contributed by atoms with Crippen molar-refractivity contribution in [1.82, 2.24) is 4.40 Å². The number of rotatable bonds is 4. The zero-order valence-corrected chi connectivity index (χ0v) is 10.7. The number of fused-ring (bicyclic) bond motifs is 1. The Labute approximate surface area is 111 Å². The fourth-order valence-corrected chi connectivity index (χ4v) is 1.83. The second kappa shape index (κ2) is 5.87. The monoisotopic (exact) mass is 254 g/mol. The molecule has 0 aliphatic carbocycles. The van der Waals surface area contributed by atoms with E-state index in [4.69, 9.17) is 4.74 Å². The smallest absolute Gasteiger partial charge is 0.330 e. The van der Waals surface area contributed by atoms with Crippen molar-refractivity contribution in [3.8, 4) is 6.07 Å². The molecule has 0 radical (unpaired) electrons. The lowest BCUT2D eigenvalue weighted by molar-refractivity contribution is -0.139. The summed E-state index contributed by atoms with van der Waals surface area (Å²) < 4.78 is 6.96. The molecule has 4 nitrogen and oxygen atoms in total. The van der Waals surface area contributed by atoms with E-state index >= 15 is 0 Å². The van der Waals surface area contributed by atoms with Crippen molar-refractivity contribution in [1.29, 1.82) is 5.26 Å². The van der Waals surface area contributed by atoms with Crippen LogP contribution in [-0.4, -0.2) is 10.4 Å². The molecule has 19 heavy (non-hydrogen) atoms. The highest BCUT2D eigenvalue weighted by molar-refractivity contribution is 5.82. The summed E-state index contributed by atoms with van der Waals surface area (Å²) in [6.45, 7) is 2.05. The van der Waals surface area contributed by atoms with Crippen LogP contribution in [0.1, 0.15) is 24.5 Å². The fourth-order valence-electron chi connectivity index (χ4n) is 1.83. The van der Waals surface area contributed by atoms with E-state index in [0.29, 0.717) is 11.1 Å². The van der Waals surface area contributed by atoms with Crippen LogP contribution in [0.15, 0.2) is 42.7 Å². The van der Waals surface area contributed by atoms with E-state index in [2.05, 4.69) is 6.07 Å². The average Bonchev–Trinajstić information content (AvgIpc) is 2.80. The summed E-state index contributed by atoms with van der Waals surface area (Å²) in [6.07, 6.45) is 7.60. The number of allylic oxidation sites excluding steroid dienone is 1. The molecule has 0 aromatic carbocycles. The van der Waals surface area contributed by atoms with Gasteiger partial charge in [-0.3, -0.25) is 0 Å². The molecule has 0 spiro atoms. The Bertz CT molecular complexity index is 662. The number of hydrogen-bond acceptors (Lipinski definition) is 3. The van der Waals surface area contributed by atoms with Crippen LogP contribution < -0.4 is 0 Å². The minimum atomic E-state index is -0.388. The maximum Gasteiger partial charge on any atom is 0.330 e. The van der Waals surface area contributed by atoms with Crippen molar-refractivity contribution in [2.45, 2.75) is 20.0 Å². The van der Waals surface area contributed by atoms with Crippen molar-refractivity contribution >= 4 is 11.5 Å². The molecule has 0 N–H and O–H groups in total. The molecule has 0 aliphatic rings. The molecule has 0 amide bonds. The van der Waals surface area contributed by atoms with Gasteiger partial charge < -0.3 is 9.14 Å². The number of nitrogens with zero attached hydrogens (tertiary/aromatic N) is 2. The third-order valence-electron chi connectivity index (χ3n) is 2.73. The molecule has 0 aliphatic heterocycles. The summed E-state index contributed by atoms with van der Waals surface area (Å²) in [5.74, 6) is -0.388. The number of hydrogen-bond donors (Lipinski definition) is 0. The van der Waals surface area contributed by atoms with Crippen LogP contribution in [0.25, 0.3) is 5.52 Å². The predicted molar refractivity (Wildman–Crippen MR) is 71.3 cm³/mol. The minimum absolute atomic E-state index is 0.109. The van der Waals surface area contributed by atoms with Gasteiger partial charge in [0.1, 0.15) is 12.7 Å². The van der Waals surface area contributed by atoms with Crippen LogP contribution >= 0.6 is 0 Å². The lowest BCUT2D eigenvalue weighted by Crippen LogP contribution is -2.01. The first-order valence-electron chi connectivity index (χ1n) is 6.08. The van der Waals surface area contributed by atoms with Crippen molar-refractivity contribution in [2.75, 3.05) is 0 Å². The van der Waals surface area contributed by atoms with Crippen LogP contribution in [0.2, 0.25) is 0 Å². The molecular formula is C15H14N2O2. The molecule has 0 bridgehead atoms. The van der Waals surface area contributed by atoms with Crippen molar-refractivity contribution in [3.05, 3.63) is 53.9 Å². The second-order valence-corrected chi connectivity index (χ2v) is 4.05. The molecule has 2 aromatic rings. The largest absolute Gasteiger partial charge is 0.458 e. The minimum Gasteiger partial charge on any atom is -0.458 e. The fraction of sp³-hybridized carbons (Fsp3) is 0.200. The highest BCUT2D eigenvalue weighted by Gasteiger charge is 2.11. The van der Waals surface area contributed by atoms with Crippen molar-refractivity contribution < 1.29 is 9.53 Å². The molecule has 2 aromatic heterocycles. The van der Waals surface area contributed by atoms with E-state index < -0.39 is 0 Å². The van der Waals surface area contributed by atoms with Crippen LogP contribution in [0.5, 0.6) is 0 Å². The van der Waals surface area contributed by atoms with Gasteiger partial charge in [0.15, 0.2) is 0 Å². The molecule has 0 fully saturated rings. The summed E-state index contributed by atoms with van der Waals surface area (Å²) in [4.78, 5) is 11.4. The third-order valence-corrected chi connectivity index (χ3v) is 2.73. The molecule has 2 heterocycles. The molecule has 0 atom stereocenters. The number of carbonyl (C=O) groups excluding carboxylic acids is 1. The Hall–Kier alpha value is -2.54. The van der Waals surface area contributed by atoms with Gasteiger partial charge in [-0.05, 0) is 18.6 Å². The molecular weight excluding hydrogens is 240 g/mol. The van der Waals surface area contributed by atoms with Crippen LogP contribution in [-0.2, 0) is 16.1 Å². The van der Waals surface area contributed by atoms with Crippen LogP contribution in [0.4, 0.5) is 0 Å². The molecule has 0 saturated heterocycles. The maximum atomic E-state index is 11.4. The summed E-state index contributed by atoms with van der Waals surface area (Å²) in [6, 6.07) is 7.77. The van der Waals surface area contributed by atoms with E-state index in [1.165, 1.54) is 6.08 Å². The van der Waals surface area contributed by atoms with E-state index in [-0.39, 0.29) is 12.6 Å². The van der Waals surface area contributed by atoms with Gasteiger partial charge in [0.05, 0.1) is 11.1 Å². The van der Waals surface area contributed by atoms with Gasteiger partial charge in [0.25, 0.3) is 0 Å². The van der Waals surface area contributed by atoms with Gasteiger partial charge in [-0.1, -0.05) is 19.1 Å². The van der Waals surface area contributed by atoms with Gasteiger partial charge in [-0.25, -0.2) is 4.79 Å². The molecule has 0 saturated carbocycles. The Morgan fingerprint density at radius 1 is 1.53 bits per heavy atom. The van der Waals surface area contributed by atoms with E-state index in [1.54, 1.807) is 6.08 Å². The Morgan fingerprint density at radius 3 is 3.11 bits per heavy atom. The van der Waals surface area contributed by atoms with E-state index in [0.717, 1.165) is 11.9 Å². The molecule has 2 rings (SSSR count). The topological polar surface area (TPSA) is 54.5 Å². The lowest BCUT2D eigenvalue weighted by Gasteiger charge is -1.99. The second-order valence-electron chi connectivity index (χ2n) is 4.05.